The number of ether oxygens (including phenoxy) is 1. The van der Waals surface area contributed by atoms with Gasteiger partial charge in [-0.15, -0.1) is 0 Å². The molecule has 2 N–H and O–H groups in total. The van der Waals surface area contributed by atoms with E-state index in [4.69, 9.17) is 4.74 Å². The van der Waals surface area contributed by atoms with Crippen LogP contribution < -0.4 is 15.4 Å². The van der Waals surface area contributed by atoms with Crippen molar-refractivity contribution in [1.82, 2.24) is 0 Å². The fraction of sp³-hybridized carbons (Fsp3) is 0.188. The highest BCUT2D eigenvalue weighted by molar-refractivity contribution is 9.10. The molecular formula is C16H17BrN2O2. The van der Waals surface area contributed by atoms with Crippen LogP contribution in [0.25, 0.3) is 0 Å². The molecule has 0 bridgehead atoms. The van der Waals surface area contributed by atoms with Crippen LogP contribution >= 0.6 is 15.9 Å². The highest BCUT2D eigenvalue weighted by Crippen LogP contribution is 2.20. The molecule has 0 atom stereocenters. The lowest BCUT2D eigenvalue weighted by Crippen LogP contribution is -2.22. The molecule has 0 aliphatic rings. The molecule has 0 saturated carbocycles. The number of nitrogens with one attached hydrogen (secondary N) is 2. The Kier molecular flexibility index (Phi) is 5.22. The summed E-state index contributed by atoms with van der Waals surface area (Å²) in [5, 5.41) is 5.95. The molecule has 2 aromatic rings. The lowest BCUT2D eigenvalue weighted by Gasteiger charge is -2.10. The van der Waals surface area contributed by atoms with Crippen LogP contribution in [0.4, 0.5) is 11.4 Å². The zero-order valence-corrected chi connectivity index (χ0v) is 13.5. The van der Waals surface area contributed by atoms with E-state index in [-0.39, 0.29) is 12.5 Å². The van der Waals surface area contributed by atoms with Crippen LogP contribution in [0.3, 0.4) is 0 Å². The minimum atomic E-state index is -0.0942. The van der Waals surface area contributed by atoms with Crippen molar-refractivity contribution in [2.24, 2.45) is 0 Å². The van der Waals surface area contributed by atoms with Gasteiger partial charge in [0, 0.05) is 21.9 Å². The van der Waals surface area contributed by atoms with Gasteiger partial charge in [0.25, 0.3) is 0 Å². The molecule has 0 radical (unpaired) electrons. The SMILES string of the molecule is COc1cccc(NCC(=O)Nc2ccc(Br)cc2C)c1. The van der Waals surface area contributed by atoms with Crippen molar-refractivity contribution in [3.05, 3.63) is 52.5 Å². The molecule has 0 aromatic heterocycles. The number of methoxy groups -OCH3 is 1. The Balaban J connectivity index is 1.92. The van der Waals surface area contributed by atoms with Gasteiger partial charge in [-0.2, -0.15) is 0 Å². The summed E-state index contributed by atoms with van der Waals surface area (Å²) in [6.07, 6.45) is 0. The van der Waals surface area contributed by atoms with Crippen LogP contribution in [0.15, 0.2) is 46.9 Å². The number of rotatable bonds is 5. The first-order valence-corrected chi connectivity index (χ1v) is 7.31. The maximum absolute atomic E-state index is 12.0. The van der Waals surface area contributed by atoms with E-state index >= 15 is 0 Å². The van der Waals surface area contributed by atoms with Crippen LogP contribution in [0.1, 0.15) is 5.56 Å². The molecule has 2 rings (SSSR count). The van der Waals surface area contributed by atoms with Gasteiger partial charge in [0.15, 0.2) is 0 Å². The van der Waals surface area contributed by atoms with Crippen LogP contribution in [0, 0.1) is 6.92 Å². The maximum atomic E-state index is 12.0. The molecule has 0 heterocycles. The largest absolute Gasteiger partial charge is 0.497 e. The van der Waals surface area contributed by atoms with Gasteiger partial charge in [0.05, 0.1) is 13.7 Å². The third kappa shape index (κ3) is 4.49. The first kappa shape index (κ1) is 15.4. The van der Waals surface area contributed by atoms with Crippen molar-refractivity contribution in [1.29, 1.82) is 0 Å². The molecule has 0 aliphatic carbocycles. The standard InChI is InChI=1S/C16H17BrN2O2/c1-11-8-12(17)6-7-15(11)19-16(20)10-18-13-4-3-5-14(9-13)21-2/h3-9,18H,10H2,1-2H3,(H,19,20). The van der Waals surface area contributed by atoms with Crippen molar-refractivity contribution >= 4 is 33.2 Å². The normalized spacial score (nSPS) is 10.0. The monoisotopic (exact) mass is 348 g/mol. The van der Waals surface area contributed by atoms with Gasteiger partial charge in [-0.05, 0) is 42.8 Å². The minimum Gasteiger partial charge on any atom is -0.497 e. The number of hydrogen-bond acceptors (Lipinski definition) is 3. The van der Waals surface area contributed by atoms with E-state index in [0.29, 0.717) is 0 Å². The molecule has 5 heteroatoms. The summed E-state index contributed by atoms with van der Waals surface area (Å²) < 4.78 is 6.13. The first-order valence-electron chi connectivity index (χ1n) is 6.52. The number of amides is 1. The van der Waals surface area contributed by atoms with Crippen LogP contribution in [0.2, 0.25) is 0 Å². The summed E-state index contributed by atoms with van der Waals surface area (Å²) in [6.45, 7) is 2.15. The summed E-state index contributed by atoms with van der Waals surface area (Å²) in [7, 11) is 1.61. The third-order valence-electron chi connectivity index (χ3n) is 2.99. The minimum absolute atomic E-state index is 0.0942. The fourth-order valence-corrected chi connectivity index (χ4v) is 2.35. The van der Waals surface area contributed by atoms with Crippen LogP contribution in [-0.2, 0) is 4.79 Å². The van der Waals surface area contributed by atoms with Crippen molar-refractivity contribution in [2.75, 3.05) is 24.3 Å². The Morgan fingerprint density at radius 1 is 1.24 bits per heavy atom. The first-order chi connectivity index (χ1) is 10.1. The number of hydrogen-bond donors (Lipinski definition) is 2. The summed E-state index contributed by atoms with van der Waals surface area (Å²) in [6, 6.07) is 13.2. The number of carbonyl (C=O) groups is 1. The van der Waals surface area contributed by atoms with E-state index in [1.807, 2.05) is 49.4 Å². The average molecular weight is 349 g/mol. The Morgan fingerprint density at radius 2 is 2.05 bits per heavy atom. The zero-order chi connectivity index (χ0) is 15.2. The summed E-state index contributed by atoms with van der Waals surface area (Å²) >= 11 is 3.40. The van der Waals surface area contributed by atoms with Crippen molar-refractivity contribution < 1.29 is 9.53 Å². The molecule has 0 aliphatic heterocycles. The number of aryl methyl sites for hydroxylation is 1. The quantitative estimate of drug-likeness (QED) is 0.863. The number of benzene rings is 2. The van der Waals surface area contributed by atoms with Gasteiger partial charge in [0.2, 0.25) is 5.91 Å². The van der Waals surface area contributed by atoms with Gasteiger partial charge in [-0.25, -0.2) is 0 Å². The molecule has 2 aromatic carbocycles. The predicted molar refractivity (Wildman–Crippen MR) is 89.0 cm³/mol. The Bertz CT molecular complexity index is 644. The van der Waals surface area contributed by atoms with Gasteiger partial charge >= 0.3 is 0 Å². The number of halogens is 1. The van der Waals surface area contributed by atoms with Crippen LogP contribution in [0.5, 0.6) is 5.75 Å². The van der Waals surface area contributed by atoms with Gasteiger partial charge < -0.3 is 15.4 Å². The topological polar surface area (TPSA) is 50.4 Å². The Morgan fingerprint density at radius 3 is 2.76 bits per heavy atom. The van der Waals surface area contributed by atoms with Gasteiger partial charge in [0.1, 0.15) is 5.75 Å². The lowest BCUT2D eigenvalue weighted by molar-refractivity contribution is -0.114. The highest BCUT2D eigenvalue weighted by Gasteiger charge is 2.05. The molecule has 0 fully saturated rings. The van der Waals surface area contributed by atoms with Gasteiger partial charge in [-0.3, -0.25) is 4.79 Å². The highest BCUT2D eigenvalue weighted by atomic mass is 79.9. The molecular weight excluding hydrogens is 332 g/mol. The molecule has 1 amide bonds. The number of carbonyl (C=O) groups excluding carboxylic acids is 1. The van der Waals surface area contributed by atoms with E-state index < -0.39 is 0 Å². The summed E-state index contributed by atoms with van der Waals surface area (Å²) in [5.41, 5.74) is 2.67. The maximum Gasteiger partial charge on any atom is 0.243 e. The van der Waals surface area contributed by atoms with Crippen molar-refractivity contribution in [2.45, 2.75) is 6.92 Å². The average Bonchev–Trinajstić information content (AvgIpc) is 2.48. The van der Waals surface area contributed by atoms with E-state index in [9.17, 15) is 4.79 Å². The van der Waals surface area contributed by atoms with E-state index in [1.54, 1.807) is 7.11 Å². The molecule has 4 nitrogen and oxygen atoms in total. The molecule has 0 spiro atoms. The zero-order valence-electron chi connectivity index (χ0n) is 11.9. The second-order valence-corrected chi connectivity index (χ2v) is 5.51. The van der Waals surface area contributed by atoms with Crippen LogP contribution in [-0.4, -0.2) is 19.6 Å². The second kappa shape index (κ2) is 7.13. The van der Waals surface area contributed by atoms with Crippen molar-refractivity contribution in [3.8, 4) is 5.75 Å². The summed E-state index contributed by atoms with van der Waals surface area (Å²) in [4.78, 5) is 12.0. The molecule has 21 heavy (non-hydrogen) atoms. The van der Waals surface area contributed by atoms with E-state index in [2.05, 4.69) is 26.6 Å². The third-order valence-corrected chi connectivity index (χ3v) is 3.48. The van der Waals surface area contributed by atoms with E-state index in [1.165, 1.54) is 0 Å². The summed E-state index contributed by atoms with van der Waals surface area (Å²) in [5.74, 6) is 0.660. The Labute approximate surface area is 132 Å². The molecule has 0 unspecified atom stereocenters. The lowest BCUT2D eigenvalue weighted by atomic mass is 10.2. The van der Waals surface area contributed by atoms with E-state index in [0.717, 1.165) is 27.2 Å². The molecule has 0 saturated heterocycles. The second-order valence-electron chi connectivity index (χ2n) is 4.59. The van der Waals surface area contributed by atoms with Gasteiger partial charge in [-0.1, -0.05) is 22.0 Å². The number of anilines is 2. The van der Waals surface area contributed by atoms with Crippen molar-refractivity contribution in [3.63, 3.8) is 0 Å². The predicted octanol–water partition coefficient (Wildman–Crippen LogP) is 3.82. The molecule has 110 valence electrons. The Hall–Kier alpha value is -2.01. The smallest absolute Gasteiger partial charge is 0.243 e. The fourth-order valence-electron chi connectivity index (χ4n) is 1.88.